The lowest BCUT2D eigenvalue weighted by atomic mass is 9.93. The van der Waals surface area contributed by atoms with E-state index in [-0.39, 0.29) is 5.41 Å². The van der Waals surface area contributed by atoms with Gasteiger partial charge in [0.15, 0.2) is 0 Å². The van der Waals surface area contributed by atoms with Crippen LogP contribution in [0.4, 0.5) is 0 Å². The fraction of sp³-hybridized carbons (Fsp3) is 0.333. The lowest BCUT2D eigenvalue weighted by Crippen LogP contribution is -2.11. The quantitative estimate of drug-likeness (QED) is 0.796. The number of hydrogen-bond donors (Lipinski definition) is 0. The van der Waals surface area contributed by atoms with Crippen molar-refractivity contribution in [3.05, 3.63) is 45.9 Å². The molecule has 0 aliphatic rings. The highest BCUT2D eigenvalue weighted by molar-refractivity contribution is 7.09. The fourth-order valence-corrected chi connectivity index (χ4v) is 2.48. The van der Waals surface area contributed by atoms with Crippen LogP contribution >= 0.6 is 11.3 Å². The van der Waals surface area contributed by atoms with Crippen LogP contribution in [0, 0.1) is 0 Å². The van der Waals surface area contributed by atoms with E-state index >= 15 is 0 Å². The molecule has 1 aromatic carbocycles. The zero-order valence-corrected chi connectivity index (χ0v) is 12.2. The van der Waals surface area contributed by atoms with Gasteiger partial charge in [-0.3, -0.25) is 4.79 Å². The van der Waals surface area contributed by atoms with Gasteiger partial charge in [0.1, 0.15) is 23.7 Å². The molecule has 2 rings (SSSR count). The van der Waals surface area contributed by atoms with Gasteiger partial charge in [-0.05, 0) is 12.1 Å². The third-order valence-corrected chi connectivity index (χ3v) is 3.50. The van der Waals surface area contributed by atoms with Gasteiger partial charge >= 0.3 is 0 Å². The van der Waals surface area contributed by atoms with Crippen LogP contribution in [0.25, 0.3) is 0 Å². The molecule has 0 atom stereocenters. The second kappa shape index (κ2) is 5.53. The highest BCUT2D eigenvalue weighted by Crippen LogP contribution is 2.24. The molecule has 0 bridgehead atoms. The van der Waals surface area contributed by atoms with E-state index in [9.17, 15) is 4.79 Å². The van der Waals surface area contributed by atoms with E-state index in [1.165, 1.54) is 0 Å². The van der Waals surface area contributed by atoms with Gasteiger partial charge in [0.2, 0.25) is 0 Å². The summed E-state index contributed by atoms with van der Waals surface area (Å²) in [6.45, 7) is 6.85. The van der Waals surface area contributed by atoms with Crippen LogP contribution < -0.4 is 4.74 Å². The first-order valence-electron chi connectivity index (χ1n) is 6.12. The first-order valence-corrected chi connectivity index (χ1v) is 7.00. The summed E-state index contributed by atoms with van der Waals surface area (Å²) in [5, 5.41) is 3.02. The first kappa shape index (κ1) is 13.7. The van der Waals surface area contributed by atoms with Crippen molar-refractivity contribution in [1.29, 1.82) is 0 Å². The molecule has 1 aromatic heterocycles. The number of ether oxygens (including phenoxy) is 1. The maximum Gasteiger partial charge on any atom is 0.150 e. The Balaban J connectivity index is 2.02. The third kappa shape index (κ3) is 3.64. The second-order valence-electron chi connectivity index (χ2n) is 5.36. The molecule has 100 valence electrons. The van der Waals surface area contributed by atoms with Gasteiger partial charge in [0.05, 0.1) is 5.69 Å². The topological polar surface area (TPSA) is 39.2 Å². The van der Waals surface area contributed by atoms with E-state index in [4.69, 9.17) is 4.74 Å². The van der Waals surface area contributed by atoms with Gasteiger partial charge in [-0.25, -0.2) is 4.98 Å². The molecule has 0 unspecified atom stereocenters. The third-order valence-electron chi connectivity index (χ3n) is 2.68. The maximum absolute atomic E-state index is 10.7. The Morgan fingerprint density at radius 1 is 1.37 bits per heavy atom. The van der Waals surface area contributed by atoms with Crippen molar-refractivity contribution in [2.45, 2.75) is 32.8 Å². The Morgan fingerprint density at radius 2 is 2.16 bits per heavy atom. The number of nitrogens with zero attached hydrogens (tertiary/aromatic N) is 1. The predicted molar refractivity (Wildman–Crippen MR) is 77.0 cm³/mol. The SMILES string of the molecule is CC(C)(C)c1csc(COc2cccc(C=O)c2)n1. The van der Waals surface area contributed by atoms with Crippen LogP contribution in [0.2, 0.25) is 0 Å². The summed E-state index contributed by atoms with van der Waals surface area (Å²) in [6, 6.07) is 7.12. The summed E-state index contributed by atoms with van der Waals surface area (Å²) in [6.07, 6.45) is 0.813. The molecular formula is C15H17NO2S. The number of aldehydes is 1. The van der Waals surface area contributed by atoms with Gasteiger partial charge in [-0.2, -0.15) is 0 Å². The highest BCUT2D eigenvalue weighted by Gasteiger charge is 2.17. The van der Waals surface area contributed by atoms with Crippen molar-refractivity contribution in [2.24, 2.45) is 0 Å². The molecule has 0 radical (unpaired) electrons. The molecule has 0 aliphatic carbocycles. The maximum atomic E-state index is 10.7. The number of carbonyl (C=O) groups excluding carboxylic acids is 1. The summed E-state index contributed by atoms with van der Waals surface area (Å²) >= 11 is 1.60. The standard InChI is InChI=1S/C15H17NO2S/c1-15(2,3)13-10-19-14(16-13)9-18-12-6-4-5-11(7-12)8-17/h4-8,10H,9H2,1-3H3. The summed E-state index contributed by atoms with van der Waals surface area (Å²) in [4.78, 5) is 15.2. The molecule has 3 nitrogen and oxygen atoms in total. The van der Waals surface area contributed by atoms with E-state index in [2.05, 4.69) is 31.1 Å². The second-order valence-corrected chi connectivity index (χ2v) is 6.30. The van der Waals surface area contributed by atoms with Gasteiger partial charge in [-0.15, -0.1) is 11.3 Å². The molecule has 19 heavy (non-hydrogen) atoms. The van der Waals surface area contributed by atoms with Gasteiger partial charge in [0.25, 0.3) is 0 Å². The Labute approximate surface area is 117 Å². The minimum absolute atomic E-state index is 0.0617. The number of aromatic nitrogens is 1. The predicted octanol–water partition coefficient (Wildman–Crippen LogP) is 3.83. The lowest BCUT2D eigenvalue weighted by Gasteiger charge is -2.14. The van der Waals surface area contributed by atoms with E-state index < -0.39 is 0 Å². The average Bonchev–Trinajstić information content (AvgIpc) is 2.85. The number of carbonyl (C=O) groups is 1. The van der Waals surface area contributed by atoms with E-state index in [1.807, 2.05) is 12.1 Å². The monoisotopic (exact) mass is 275 g/mol. The summed E-state index contributed by atoms with van der Waals surface area (Å²) < 4.78 is 5.65. The Kier molecular flexibility index (Phi) is 4.00. The zero-order chi connectivity index (χ0) is 13.9. The largest absolute Gasteiger partial charge is 0.486 e. The Morgan fingerprint density at radius 3 is 2.79 bits per heavy atom. The zero-order valence-electron chi connectivity index (χ0n) is 11.3. The minimum atomic E-state index is 0.0617. The molecule has 0 aliphatic heterocycles. The average molecular weight is 275 g/mol. The molecule has 0 spiro atoms. The molecule has 0 saturated heterocycles. The van der Waals surface area contributed by atoms with Gasteiger partial charge < -0.3 is 4.74 Å². The molecule has 0 amide bonds. The van der Waals surface area contributed by atoms with E-state index in [0.717, 1.165) is 17.0 Å². The van der Waals surface area contributed by atoms with Crippen molar-refractivity contribution in [2.75, 3.05) is 0 Å². The normalized spacial score (nSPS) is 11.3. The summed E-state index contributed by atoms with van der Waals surface area (Å²) in [7, 11) is 0. The Hall–Kier alpha value is -1.68. The van der Waals surface area contributed by atoms with Crippen LogP contribution in [0.1, 0.15) is 41.8 Å². The molecule has 0 saturated carbocycles. The molecule has 0 N–H and O–H groups in total. The van der Waals surface area contributed by atoms with Crippen LogP contribution in [0.5, 0.6) is 5.75 Å². The van der Waals surface area contributed by atoms with E-state index in [0.29, 0.717) is 17.9 Å². The molecule has 0 fully saturated rings. The fourth-order valence-electron chi connectivity index (χ4n) is 1.54. The van der Waals surface area contributed by atoms with Crippen molar-refractivity contribution in [3.63, 3.8) is 0 Å². The molecule has 1 heterocycles. The van der Waals surface area contributed by atoms with Crippen LogP contribution in [-0.4, -0.2) is 11.3 Å². The molecular weight excluding hydrogens is 258 g/mol. The van der Waals surface area contributed by atoms with Crippen molar-refractivity contribution in [3.8, 4) is 5.75 Å². The van der Waals surface area contributed by atoms with Crippen molar-refractivity contribution in [1.82, 2.24) is 4.98 Å². The number of hydrogen-bond acceptors (Lipinski definition) is 4. The van der Waals surface area contributed by atoms with Gasteiger partial charge in [0, 0.05) is 16.4 Å². The van der Waals surface area contributed by atoms with Crippen LogP contribution in [-0.2, 0) is 12.0 Å². The molecule has 2 aromatic rings. The highest BCUT2D eigenvalue weighted by atomic mass is 32.1. The van der Waals surface area contributed by atoms with Gasteiger partial charge in [-0.1, -0.05) is 32.9 Å². The van der Waals surface area contributed by atoms with Crippen LogP contribution in [0.3, 0.4) is 0 Å². The lowest BCUT2D eigenvalue weighted by molar-refractivity contribution is 0.112. The van der Waals surface area contributed by atoms with Crippen LogP contribution in [0.15, 0.2) is 29.6 Å². The smallest absolute Gasteiger partial charge is 0.150 e. The summed E-state index contributed by atoms with van der Waals surface area (Å²) in [5.41, 5.74) is 1.76. The molecule has 4 heteroatoms. The first-order chi connectivity index (χ1) is 8.99. The Bertz CT molecular complexity index is 570. The van der Waals surface area contributed by atoms with Crippen molar-refractivity contribution >= 4 is 17.6 Å². The minimum Gasteiger partial charge on any atom is -0.486 e. The number of thiazole rings is 1. The van der Waals surface area contributed by atoms with Crippen molar-refractivity contribution < 1.29 is 9.53 Å². The number of rotatable bonds is 4. The summed E-state index contributed by atoms with van der Waals surface area (Å²) in [5.74, 6) is 0.692. The number of benzene rings is 1. The van der Waals surface area contributed by atoms with E-state index in [1.54, 1.807) is 23.5 Å².